The van der Waals surface area contributed by atoms with Crippen LogP contribution in [0.4, 0.5) is 4.79 Å². The largest absolute Gasteiger partial charge is 0.453 e. The molecule has 0 aliphatic carbocycles. The summed E-state index contributed by atoms with van der Waals surface area (Å²) in [6.45, 7) is 2.89. The summed E-state index contributed by atoms with van der Waals surface area (Å²) >= 11 is 0. The Morgan fingerprint density at radius 3 is 2.47 bits per heavy atom. The summed E-state index contributed by atoms with van der Waals surface area (Å²) in [5.41, 5.74) is 0. The number of carbonyl (C=O) groups is 2. The molecule has 2 amide bonds. The molecule has 0 saturated carbocycles. The van der Waals surface area contributed by atoms with Gasteiger partial charge in [-0.2, -0.15) is 0 Å². The zero-order valence-corrected chi connectivity index (χ0v) is 11.4. The lowest BCUT2D eigenvalue weighted by molar-refractivity contribution is -0.134. The van der Waals surface area contributed by atoms with Gasteiger partial charge in [-0.05, 0) is 31.6 Å². The molecule has 0 aromatic carbocycles. The lowest BCUT2D eigenvalue weighted by Gasteiger charge is -2.32. The van der Waals surface area contributed by atoms with Crippen LogP contribution in [0.5, 0.6) is 0 Å². The van der Waals surface area contributed by atoms with E-state index >= 15 is 0 Å². The maximum absolute atomic E-state index is 12.5. The highest BCUT2D eigenvalue weighted by Gasteiger charge is 2.35. The van der Waals surface area contributed by atoms with Crippen molar-refractivity contribution in [1.29, 1.82) is 0 Å². The standard InChI is InChI=1S/C13H22N2O4/c1-18-13(17)14-11(10-4-8-19-9-5-10)12(16)15-6-2-3-7-15/h10-11H,2-9H2,1H3,(H,14,17)/t11-/m0/s1. The van der Waals surface area contributed by atoms with E-state index in [-0.39, 0.29) is 11.8 Å². The van der Waals surface area contributed by atoms with E-state index in [0.29, 0.717) is 13.2 Å². The number of ether oxygens (including phenoxy) is 2. The molecule has 0 bridgehead atoms. The molecule has 6 heteroatoms. The lowest BCUT2D eigenvalue weighted by atomic mass is 9.91. The van der Waals surface area contributed by atoms with Crippen LogP contribution < -0.4 is 5.32 Å². The van der Waals surface area contributed by atoms with Crippen LogP contribution in [0.3, 0.4) is 0 Å². The fourth-order valence-electron chi connectivity index (χ4n) is 2.75. The highest BCUT2D eigenvalue weighted by atomic mass is 16.5. The van der Waals surface area contributed by atoms with Gasteiger partial charge in [0.05, 0.1) is 7.11 Å². The molecule has 2 aliphatic rings. The monoisotopic (exact) mass is 270 g/mol. The van der Waals surface area contributed by atoms with Gasteiger partial charge in [-0.25, -0.2) is 4.79 Å². The molecule has 0 radical (unpaired) electrons. The first-order chi connectivity index (χ1) is 9.22. The van der Waals surface area contributed by atoms with E-state index in [1.54, 1.807) is 0 Å². The van der Waals surface area contributed by atoms with Gasteiger partial charge in [-0.1, -0.05) is 0 Å². The van der Waals surface area contributed by atoms with E-state index in [1.165, 1.54) is 7.11 Å². The minimum Gasteiger partial charge on any atom is -0.453 e. The third kappa shape index (κ3) is 3.59. The van der Waals surface area contributed by atoms with Gasteiger partial charge in [-0.15, -0.1) is 0 Å². The van der Waals surface area contributed by atoms with Crippen molar-refractivity contribution in [2.75, 3.05) is 33.4 Å². The highest BCUT2D eigenvalue weighted by molar-refractivity contribution is 5.86. The molecule has 2 saturated heterocycles. The molecule has 0 aromatic rings. The number of nitrogens with one attached hydrogen (secondary N) is 1. The SMILES string of the molecule is COC(=O)N[C@H](C(=O)N1CCCC1)C1CCOCC1. The van der Waals surface area contributed by atoms with Crippen molar-refractivity contribution in [1.82, 2.24) is 10.2 Å². The predicted octanol–water partition coefficient (Wildman–Crippen LogP) is 0.760. The Hall–Kier alpha value is -1.30. The molecule has 2 heterocycles. The average Bonchev–Trinajstić information content (AvgIpc) is 2.99. The summed E-state index contributed by atoms with van der Waals surface area (Å²) in [5, 5.41) is 2.71. The molecule has 108 valence electrons. The van der Waals surface area contributed by atoms with Gasteiger partial charge in [0.1, 0.15) is 6.04 Å². The van der Waals surface area contributed by atoms with Crippen LogP contribution in [0.25, 0.3) is 0 Å². The van der Waals surface area contributed by atoms with Crippen LogP contribution in [-0.4, -0.2) is 56.4 Å². The Kier molecular flexibility index (Phi) is 5.01. The molecule has 0 unspecified atom stereocenters. The molecule has 2 rings (SSSR count). The molecule has 0 aromatic heterocycles. The minimum atomic E-state index is -0.538. The maximum Gasteiger partial charge on any atom is 0.407 e. The third-order valence-electron chi connectivity index (χ3n) is 3.88. The van der Waals surface area contributed by atoms with Gasteiger partial charge in [-0.3, -0.25) is 4.79 Å². The zero-order valence-electron chi connectivity index (χ0n) is 11.4. The van der Waals surface area contributed by atoms with Crippen LogP contribution in [0.1, 0.15) is 25.7 Å². The number of likely N-dealkylation sites (tertiary alicyclic amines) is 1. The predicted molar refractivity (Wildman–Crippen MR) is 68.7 cm³/mol. The van der Waals surface area contributed by atoms with E-state index in [9.17, 15) is 9.59 Å². The van der Waals surface area contributed by atoms with Crippen LogP contribution >= 0.6 is 0 Å². The Bertz CT molecular complexity index is 323. The molecular formula is C13H22N2O4. The van der Waals surface area contributed by atoms with Crippen molar-refractivity contribution in [2.45, 2.75) is 31.7 Å². The van der Waals surface area contributed by atoms with Gasteiger partial charge in [0.15, 0.2) is 0 Å². The fraction of sp³-hybridized carbons (Fsp3) is 0.846. The molecule has 19 heavy (non-hydrogen) atoms. The van der Waals surface area contributed by atoms with E-state index < -0.39 is 12.1 Å². The number of amides is 2. The van der Waals surface area contributed by atoms with Crippen molar-refractivity contribution < 1.29 is 19.1 Å². The Labute approximate surface area is 113 Å². The number of methoxy groups -OCH3 is 1. The van der Waals surface area contributed by atoms with Crippen molar-refractivity contribution in [3.8, 4) is 0 Å². The Balaban J connectivity index is 2.03. The molecule has 0 spiro atoms. The van der Waals surface area contributed by atoms with Crippen molar-refractivity contribution >= 4 is 12.0 Å². The first-order valence-electron chi connectivity index (χ1n) is 6.93. The Morgan fingerprint density at radius 1 is 1.26 bits per heavy atom. The van der Waals surface area contributed by atoms with Gasteiger partial charge in [0, 0.05) is 26.3 Å². The fourth-order valence-corrected chi connectivity index (χ4v) is 2.75. The summed E-state index contributed by atoms with van der Waals surface area (Å²) in [6.07, 6.45) is 3.15. The van der Waals surface area contributed by atoms with Crippen molar-refractivity contribution in [3.05, 3.63) is 0 Å². The van der Waals surface area contributed by atoms with Gasteiger partial charge < -0.3 is 19.7 Å². The van der Waals surface area contributed by atoms with E-state index in [0.717, 1.165) is 38.8 Å². The first-order valence-corrected chi connectivity index (χ1v) is 6.93. The first kappa shape index (κ1) is 14.1. The second kappa shape index (κ2) is 6.75. The summed E-state index contributed by atoms with van der Waals surface area (Å²) in [5.74, 6) is 0.163. The molecular weight excluding hydrogens is 248 g/mol. The highest BCUT2D eigenvalue weighted by Crippen LogP contribution is 2.22. The van der Waals surface area contributed by atoms with Gasteiger partial charge in [0.25, 0.3) is 0 Å². The number of nitrogens with zero attached hydrogens (tertiary/aromatic N) is 1. The smallest absolute Gasteiger partial charge is 0.407 e. The summed E-state index contributed by atoms with van der Waals surface area (Å²) < 4.78 is 9.95. The van der Waals surface area contributed by atoms with E-state index in [1.807, 2.05) is 4.90 Å². The molecule has 2 aliphatic heterocycles. The summed E-state index contributed by atoms with van der Waals surface area (Å²) in [7, 11) is 1.32. The van der Waals surface area contributed by atoms with Crippen LogP contribution in [0.15, 0.2) is 0 Å². The van der Waals surface area contributed by atoms with Crippen molar-refractivity contribution in [3.63, 3.8) is 0 Å². The molecule has 1 atom stereocenters. The third-order valence-corrected chi connectivity index (χ3v) is 3.88. The number of hydrogen-bond acceptors (Lipinski definition) is 4. The quantitative estimate of drug-likeness (QED) is 0.822. The summed E-state index contributed by atoms with van der Waals surface area (Å²) in [4.78, 5) is 25.8. The second-order valence-corrected chi connectivity index (χ2v) is 5.10. The lowest BCUT2D eigenvalue weighted by Crippen LogP contribution is -2.52. The van der Waals surface area contributed by atoms with Crippen LogP contribution in [0.2, 0.25) is 0 Å². The van der Waals surface area contributed by atoms with Crippen molar-refractivity contribution in [2.24, 2.45) is 5.92 Å². The number of rotatable bonds is 3. The normalized spacial score (nSPS) is 22.1. The molecule has 6 nitrogen and oxygen atoms in total. The molecule has 1 N–H and O–H groups in total. The zero-order chi connectivity index (χ0) is 13.7. The second-order valence-electron chi connectivity index (χ2n) is 5.10. The molecule has 2 fully saturated rings. The summed E-state index contributed by atoms with van der Waals surface area (Å²) in [6, 6.07) is -0.477. The topological polar surface area (TPSA) is 67.9 Å². The van der Waals surface area contributed by atoms with Crippen LogP contribution in [0, 0.1) is 5.92 Å². The minimum absolute atomic E-state index is 0.0230. The number of alkyl carbamates (subject to hydrolysis) is 1. The maximum atomic E-state index is 12.5. The van der Waals surface area contributed by atoms with Gasteiger partial charge >= 0.3 is 6.09 Å². The number of carbonyl (C=O) groups excluding carboxylic acids is 2. The number of hydrogen-bond donors (Lipinski definition) is 1. The van der Waals surface area contributed by atoms with E-state index in [2.05, 4.69) is 10.1 Å². The Morgan fingerprint density at radius 2 is 1.89 bits per heavy atom. The van der Waals surface area contributed by atoms with Crippen LogP contribution in [-0.2, 0) is 14.3 Å². The van der Waals surface area contributed by atoms with E-state index in [4.69, 9.17) is 4.74 Å². The van der Waals surface area contributed by atoms with Gasteiger partial charge in [0.2, 0.25) is 5.91 Å². The average molecular weight is 270 g/mol.